The van der Waals surface area contributed by atoms with E-state index in [2.05, 4.69) is 15.4 Å². The maximum absolute atomic E-state index is 13.1. The molecule has 0 saturated carbocycles. The quantitative estimate of drug-likeness (QED) is 0.521. The molecule has 0 radical (unpaired) electrons. The maximum atomic E-state index is 13.1. The minimum atomic E-state index is -4.61. The highest BCUT2D eigenvalue weighted by molar-refractivity contribution is 6.05. The number of benzene rings is 1. The zero-order chi connectivity index (χ0) is 22.8. The summed E-state index contributed by atoms with van der Waals surface area (Å²) >= 11 is 0. The Morgan fingerprint density at radius 2 is 1.94 bits per heavy atom. The molecule has 3 N–H and O–H groups in total. The van der Waals surface area contributed by atoms with Gasteiger partial charge in [0.2, 0.25) is 0 Å². The molecule has 1 amide bonds. The molecular formula is C20H21F3N4O4. The molecule has 3 rings (SSSR count). The van der Waals surface area contributed by atoms with Gasteiger partial charge in [-0.05, 0) is 31.2 Å². The van der Waals surface area contributed by atoms with Gasteiger partial charge in [0.1, 0.15) is 18.1 Å². The number of carbonyl (C=O) groups excluding carboxylic acids is 1. The van der Waals surface area contributed by atoms with Gasteiger partial charge >= 0.3 is 6.18 Å². The van der Waals surface area contributed by atoms with Crippen LogP contribution in [0.3, 0.4) is 0 Å². The molecular weight excluding hydrogens is 417 g/mol. The summed E-state index contributed by atoms with van der Waals surface area (Å²) in [5.74, 6) is -0.349. The summed E-state index contributed by atoms with van der Waals surface area (Å²) in [6.07, 6.45) is -3.55. The van der Waals surface area contributed by atoms with E-state index >= 15 is 0 Å². The fourth-order valence-corrected chi connectivity index (χ4v) is 2.97. The van der Waals surface area contributed by atoms with Crippen LogP contribution in [0.15, 0.2) is 36.5 Å². The maximum Gasteiger partial charge on any atom is 0.433 e. The lowest BCUT2D eigenvalue weighted by molar-refractivity contribution is -0.142. The number of aliphatic hydroxyl groups excluding tert-OH is 2. The van der Waals surface area contributed by atoms with Crippen molar-refractivity contribution in [1.29, 1.82) is 0 Å². The number of aryl methyl sites for hydroxylation is 1. The molecule has 3 aromatic rings. The van der Waals surface area contributed by atoms with E-state index in [1.54, 1.807) is 13.1 Å². The molecule has 0 aliphatic carbocycles. The molecule has 0 aliphatic rings. The SMILES string of the molecule is Cn1nc2ccc(OCc3cccnc3C(F)(F)F)cc2c1C(=O)NC(C)(CO)CO. The third kappa shape index (κ3) is 4.78. The molecule has 1 aromatic carbocycles. The van der Waals surface area contributed by atoms with Gasteiger partial charge in [-0.3, -0.25) is 14.5 Å². The number of nitrogens with one attached hydrogen (secondary N) is 1. The molecule has 0 spiro atoms. The first-order chi connectivity index (χ1) is 14.6. The van der Waals surface area contributed by atoms with Crippen molar-refractivity contribution in [2.24, 2.45) is 7.05 Å². The first-order valence-corrected chi connectivity index (χ1v) is 9.23. The van der Waals surface area contributed by atoms with E-state index in [1.807, 2.05) is 0 Å². The molecule has 0 fully saturated rings. The van der Waals surface area contributed by atoms with Gasteiger partial charge in [-0.2, -0.15) is 18.3 Å². The number of carbonyl (C=O) groups is 1. The Hall–Kier alpha value is -3.18. The van der Waals surface area contributed by atoms with Crippen LogP contribution >= 0.6 is 0 Å². The second kappa shape index (κ2) is 8.52. The monoisotopic (exact) mass is 438 g/mol. The van der Waals surface area contributed by atoms with Gasteiger partial charge in [0.05, 0.1) is 24.3 Å². The van der Waals surface area contributed by atoms with E-state index < -0.39 is 36.5 Å². The number of aromatic nitrogens is 3. The fraction of sp³-hybridized carbons (Fsp3) is 0.350. The molecule has 8 nitrogen and oxygen atoms in total. The summed E-state index contributed by atoms with van der Waals surface area (Å²) < 4.78 is 46.2. The van der Waals surface area contributed by atoms with Crippen LogP contribution < -0.4 is 10.1 Å². The van der Waals surface area contributed by atoms with E-state index in [-0.39, 0.29) is 23.6 Å². The van der Waals surface area contributed by atoms with Crippen LogP contribution in [0.2, 0.25) is 0 Å². The summed E-state index contributed by atoms with van der Waals surface area (Å²) in [5, 5.41) is 26.0. The number of alkyl halides is 3. The summed E-state index contributed by atoms with van der Waals surface area (Å²) in [6.45, 7) is 0.144. The van der Waals surface area contributed by atoms with Crippen molar-refractivity contribution in [2.75, 3.05) is 13.2 Å². The average Bonchev–Trinajstić information content (AvgIpc) is 3.06. The highest BCUT2D eigenvalue weighted by Gasteiger charge is 2.35. The number of halogens is 3. The van der Waals surface area contributed by atoms with E-state index in [0.717, 1.165) is 6.20 Å². The normalized spacial score (nSPS) is 12.2. The number of ether oxygens (including phenoxy) is 1. The van der Waals surface area contributed by atoms with Gasteiger partial charge in [-0.1, -0.05) is 6.07 Å². The highest BCUT2D eigenvalue weighted by Crippen LogP contribution is 2.31. The fourth-order valence-electron chi connectivity index (χ4n) is 2.97. The summed E-state index contributed by atoms with van der Waals surface area (Å²) in [5.41, 5.74) is -1.78. The number of aliphatic hydroxyl groups is 2. The third-order valence-electron chi connectivity index (χ3n) is 4.69. The lowest BCUT2D eigenvalue weighted by Crippen LogP contribution is -2.52. The molecule has 0 unspecified atom stereocenters. The zero-order valence-electron chi connectivity index (χ0n) is 16.8. The number of nitrogens with zero attached hydrogens (tertiary/aromatic N) is 3. The molecule has 31 heavy (non-hydrogen) atoms. The lowest BCUT2D eigenvalue weighted by atomic mass is 10.0. The highest BCUT2D eigenvalue weighted by atomic mass is 19.4. The van der Waals surface area contributed by atoms with Gasteiger partial charge in [-0.25, -0.2) is 0 Å². The number of amides is 1. The molecule has 11 heteroatoms. The van der Waals surface area contributed by atoms with E-state index in [4.69, 9.17) is 4.74 Å². The van der Waals surface area contributed by atoms with Crippen molar-refractivity contribution in [3.05, 3.63) is 53.5 Å². The van der Waals surface area contributed by atoms with Crippen LogP contribution in [0.5, 0.6) is 5.75 Å². The smallest absolute Gasteiger partial charge is 0.433 e. The predicted octanol–water partition coefficient (Wildman–Crippen LogP) is 2.04. The predicted molar refractivity (Wildman–Crippen MR) is 104 cm³/mol. The molecule has 0 atom stereocenters. The van der Waals surface area contributed by atoms with Crippen LogP contribution in [0.25, 0.3) is 10.9 Å². The molecule has 166 valence electrons. The first-order valence-electron chi connectivity index (χ1n) is 9.23. The zero-order valence-corrected chi connectivity index (χ0v) is 16.8. The van der Waals surface area contributed by atoms with Crippen molar-refractivity contribution >= 4 is 16.8 Å². The third-order valence-corrected chi connectivity index (χ3v) is 4.69. The molecule has 2 aromatic heterocycles. The minimum absolute atomic E-state index is 0.124. The Morgan fingerprint density at radius 3 is 2.58 bits per heavy atom. The van der Waals surface area contributed by atoms with Crippen LogP contribution in [0, 0.1) is 0 Å². The second-order valence-corrected chi connectivity index (χ2v) is 7.28. The molecule has 0 bridgehead atoms. The number of hydrogen-bond donors (Lipinski definition) is 3. The first kappa shape index (κ1) is 22.5. The second-order valence-electron chi connectivity index (χ2n) is 7.28. The Kier molecular flexibility index (Phi) is 6.18. The van der Waals surface area contributed by atoms with Gasteiger partial charge < -0.3 is 20.3 Å². The van der Waals surface area contributed by atoms with Crippen molar-refractivity contribution in [3.63, 3.8) is 0 Å². The Bertz CT molecular complexity index is 1090. The molecule has 0 saturated heterocycles. The van der Waals surface area contributed by atoms with Crippen molar-refractivity contribution in [3.8, 4) is 5.75 Å². The van der Waals surface area contributed by atoms with E-state index in [0.29, 0.717) is 10.9 Å². The average molecular weight is 438 g/mol. The van der Waals surface area contributed by atoms with Gasteiger partial charge in [0.25, 0.3) is 5.91 Å². The van der Waals surface area contributed by atoms with Crippen molar-refractivity contribution in [1.82, 2.24) is 20.1 Å². The summed E-state index contributed by atoms with van der Waals surface area (Å²) in [7, 11) is 1.55. The minimum Gasteiger partial charge on any atom is -0.489 e. The van der Waals surface area contributed by atoms with E-state index in [9.17, 15) is 28.2 Å². The van der Waals surface area contributed by atoms with Crippen LogP contribution in [-0.4, -0.2) is 49.6 Å². The van der Waals surface area contributed by atoms with Crippen LogP contribution in [-0.2, 0) is 19.8 Å². The Balaban J connectivity index is 1.89. The van der Waals surface area contributed by atoms with Crippen molar-refractivity contribution < 1.29 is 32.9 Å². The van der Waals surface area contributed by atoms with E-state index in [1.165, 1.54) is 35.9 Å². The largest absolute Gasteiger partial charge is 0.489 e. The Morgan fingerprint density at radius 1 is 1.23 bits per heavy atom. The van der Waals surface area contributed by atoms with Gasteiger partial charge in [-0.15, -0.1) is 0 Å². The van der Waals surface area contributed by atoms with Crippen LogP contribution in [0.4, 0.5) is 13.2 Å². The standard InChI is InChI=1S/C20H21F3N4O4/c1-19(10-28,11-29)25-18(30)16-14-8-13(5-6-15(14)26-27(16)2)31-9-12-4-3-7-24-17(12)20(21,22)23/h3-8,28-29H,9-11H2,1-2H3,(H,25,30). The summed E-state index contributed by atoms with van der Waals surface area (Å²) in [6, 6.07) is 7.27. The van der Waals surface area contributed by atoms with Crippen LogP contribution in [0.1, 0.15) is 28.7 Å². The number of pyridine rings is 1. The lowest BCUT2D eigenvalue weighted by Gasteiger charge is -2.26. The number of fused-ring (bicyclic) bond motifs is 1. The van der Waals surface area contributed by atoms with Gasteiger partial charge in [0.15, 0.2) is 5.69 Å². The topological polar surface area (TPSA) is 110 Å². The Labute approximate surface area is 175 Å². The van der Waals surface area contributed by atoms with Gasteiger partial charge in [0, 0.05) is 24.2 Å². The molecule has 2 heterocycles. The summed E-state index contributed by atoms with van der Waals surface area (Å²) in [4.78, 5) is 16.1. The number of rotatable bonds is 7. The van der Waals surface area contributed by atoms with Crippen molar-refractivity contribution in [2.45, 2.75) is 25.2 Å². The molecule has 0 aliphatic heterocycles. The number of hydrogen-bond acceptors (Lipinski definition) is 6.